The number of pyridine rings is 1. The van der Waals surface area contributed by atoms with Crippen LogP contribution in [0.15, 0.2) is 18.3 Å². The van der Waals surface area contributed by atoms with Crippen LogP contribution in [0.2, 0.25) is 0 Å². The fourth-order valence-electron chi connectivity index (χ4n) is 3.15. The van der Waals surface area contributed by atoms with Crippen LogP contribution in [0.4, 0.5) is 0 Å². The van der Waals surface area contributed by atoms with Gasteiger partial charge in [-0.25, -0.2) is 0 Å². The summed E-state index contributed by atoms with van der Waals surface area (Å²) < 4.78 is 1.96. The minimum Gasteiger partial charge on any atom is -0.301 e. The molecule has 0 aliphatic carbocycles. The minimum atomic E-state index is 0.603. The molecule has 0 amide bonds. The highest BCUT2D eigenvalue weighted by Crippen LogP contribution is 2.22. The third-order valence-corrected chi connectivity index (χ3v) is 4.51. The normalized spacial score (nSPS) is 17.7. The van der Waals surface area contributed by atoms with E-state index in [1.165, 1.54) is 25.9 Å². The molecule has 3 heterocycles. The number of carbonyl (C=O) groups excluding carboxylic acids is 1. The SMILES string of the molecule is CC(C)N1CCC(Cc2nnc3c(C=O)cccn23)CC1. The number of likely N-dealkylation sites (tertiary alicyclic amines) is 1. The number of rotatable bonds is 4. The van der Waals surface area contributed by atoms with Crippen molar-refractivity contribution in [3.63, 3.8) is 0 Å². The summed E-state index contributed by atoms with van der Waals surface area (Å²) in [7, 11) is 0. The van der Waals surface area contributed by atoms with Gasteiger partial charge in [0.05, 0.1) is 5.56 Å². The second-order valence-corrected chi connectivity index (χ2v) is 6.17. The summed E-state index contributed by atoms with van der Waals surface area (Å²) in [6.07, 6.45) is 6.15. The number of piperidine rings is 1. The van der Waals surface area contributed by atoms with Crippen LogP contribution in [0.5, 0.6) is 0 Å². The van der Waals surface area contributed by atoms with Crippen LogP contribution in [0.1, 0.15) is 42.9 Å². The highest BCUT2D eigenvalue weighted by molar-refractivity contribution is 5.83. The van der Waals surface area contributed by atoms with Gasteiger partial charge in [0.25, 0.3) is 0 Å². The Balaban J connectivity index is 1.73. The first-order chi connectivity index (χ1) is 10.2. The Kier molecular flexibility index (Phi) is 4.01. The summed E-state index contributed by atoms with van der Waals surface area (Å²) in [4.78, 5) is 13.6. The molecule has 0 bridgehead atoms. The largest absolute Gasteiger partial charge is 0.301 e. The van der Waals surface area contributed by atoms with Gasteiger partial charge in [0.15, 0.2) is 11.9 Å². The summed E-state index contributed by atoms with van der Waals surface area (Å²) in [6, 6.07) is 4.29. The summed E-state index contributed by atoms with van der Waals surface area (Å²) >= 11 is 0. The first-order valence-corrected chi connectivity index (χ1v) is 7.71. The zero-order valence-corrected chi connectivity index (χ0v) is 12.7. The van der Waals surface area contributed by atoms with Gasteiger partial charge in [-0.15, -0.1) is 10.2 Å². The lowest BCUT2D eigenvalue weighted by molar-refractivity contribution is 0.112. The molecule has 112 valence electrons. The molecule has 0 spiro atoms. The number of aldehydes is 1. The molecule has 5 nitrogen and oxygen atoms in total. The van der Waals surface area contributed by atoms with Crippen molar-refractivity contribution >= 4 is 11.9 Å². The number of fused-ring (bicyclic) bond motifs is 1. The van der Waals surface area contributed by atoms with Gasteiger partial charge in [-0.2, -0.15) is 0 Å². The Hall–Kier alpha value is -1.75. The number of nitrogens with zero attached hydrogens (tertiary/aromatic N) is 4. The van der Waals surface area contributed by atoms with Crippen molar-refractivity contribution in [1.82, 2.24) is 19.5 Å². The molecule has 0 radical (unpaired) electrons. The number of hydrogen-bond acceptors (Lipinski definition) is 4. The molecule has 0 N–H and O–H groups in total. The predicted octanol–water partition coefficient (Wildman–Crippen LogP) is 2.20. The predicted molar refractivity (Wildman–Crippen MR) is 81.5 cm³/mol. The molecule has 1 aliphatic rings. The third kappa shape index (κ3) is 2.83. The zero-order chi connectivity index (χ0) is 14.8. The van der Waals surface area contributed by atoms with E-state index in [1.807, 2.05) is 16.7 Å². The van der Waals surface area contributed by atoms with E-state index in [1.54, 1.807) is 6.07 Å². The second-order valence-electron chi connectivity index (χ2n) is 6.17. The van der Waals surface area contributed by atoms with Crippen LogP contribution >= 0.6 is 0 Å². The van der Waals surface area contributed by atoms with Gasteiger partial charge >= 0.3 is 0 Å². The van der Waals surface area contributed by atoms with Gasteiger partial charge in [-0.05, 0) is 57.8 Å². The summed E-state index contributed by atoms with van der Waals surface area (Å²) in [5.74, 6) is 1.63. The number of hydrogen-bond donors (Lipinski definition) is 0. The third-order valence-electron chi connectivity index (χ3n) is 4.51. The zero-order valence-electron chi connectivity index (χ0n) is 12.7. The van der Waals surface area contributed by atoms with E-state index in [4.69, 9.17) is 0 Å². The molecule has 1 aliphatic heterocycles. The van der Waals surface area contributed by atoms with Crippen molar-refractivity contribution in [3.05, 3.63) is 29.7 Å². The van der Waals surface area contributed by atoms with E-state index < -0.39 is 0 Å². The molecule has 0 atom stereocenters. The maximum absolute atomic E-state index is 11.0. The Morgan fingerprint density at radius 1 is 1.33 bits per heavy atom. The summed E-state index contributed by atoms with van der Waals surface area (Å²) in [5.41, 5.74) is 1.27. The topological polar surface area (TPSA) is 50.5 Å². The molecule has 2 aromatic rings. The first-order valence-electron chi connectivity index (χ1n) is 7.71. The molecule has 21 heavy (non-hydrogen) atoms. The van der Waals surface area contributed by atoms with Crippen LogP contribution in [0.25, 0.3) is 5.65 Å². The van der Waals surface area contributed by atoms with Crippen molar-refractivity contribution in [3.8, 4) is 0 Å². The van der Waals surface area contributed by atoms with Crippen molar-refractivity contribution < 1.29 is 4.79 Å². The highest BCUT2D eigenvalue weighted by atomic mass is 16.1. The number of aromatic nitrogens is 3. The van der Waals surface area contributed by atoms with E-state index >= 15 is 0 Å². The monoisotopic (exact) mass is 286 g/mol. The first kappa shape index (κ1) is 14.2. The highest BCUT2D eigenvalue weighted by Gasteiger charge is 2.22. The smallest absolute Gasteiger partial charge is 0.171 e. The van der Waals surface area contributed by atoms with E-state index in [-0.39, 0.29) is 0 Å². The Morgan fingerprint density at radius 2 is 2.10 bits per heavy atom. The fourth-order valence-corrected chi connectivity index (χ4v) is 3.15. The lowest BCUT2D eigenvalue weighted by Gasteiger charge is -2.34. The molecular weight excluding hydrogens is 264 g/mol. The molecule has 5 heteroatoms. The van der Waals surface area contributed by atoms with E-state index in [0.29, 0.717) is 23.2 Å². The average molecular weight is 286 g/mol. The molecule has 1 saturated heterocycles. The van der Waals surface area contributed by atoms with Crippen molar-refractivity contribution in [2.75, 3.05) is 13.1 Å². The lowest BCUT2D eigenvalue weighted by atomic mass is 9.92. The molecular formula is C16H22N4O. The minimum absolute atomic E-state index is 0.603. The summed E-state index contributed by atoms with van der Waals surface area (Å²) in [6.45, 7) is 6.85. The Bertz CT molecular complexity index is 626. The van der Waals surface area contributed by atoms with Gasteiger partial charge in [0.1, 0.15) is 5.82 Å². The lowest BCUT2D eigenvalue weighted by Crippen LogP contribution is -2.39. The molecule has 1 fully saturated rings. The second kappa shape index (κ2) is 5.93. The average Bonchev–Trinajstić information content (AvgIpc) is 2.91. The van der Waals surface area contributed by atoms with Crippen molar-refractivity contribution in [2.45, 2.75) is 39.2 Å². The van der Waals surface area contributed by atoms with Gasteiger partial charge in [0, 0.05) is 18.7 Å². The van der Waals surface area contributed by atoms with Crippen LogP contribution in [0, 0.1) is 5.92 Å². The van der Waals surface area contributed by atoms with Crippen LogP contribution in [0.3, 0.4) is 0 Å². The maximum Gasteiger partial charge on any atom is 0.171 e. The maximum atomic E-state index is 11.0. The van der Waals surface area contributed by atoms with E-state index in [9.17, 15) is 4.79 Å². The van der Waals surface area contributed by atoms with Crippen molar-refractivity contribution in [1.29, 1.82) is 0 Å². The summed E-state index contributed by atoms with van der Waals surface area (Å²) in [5, 5.41) is 8.46. The fraction of sp³-hybridized carbons (Fsp3) is 0.562. The Labute approximate surface area is 125 Å². The molecule has 0 aromatic carbocycles. The quantitative estimate of drug-likeness (QED) is 0.809. The van der Waals surface area contributed by atoms with Crippen molar-refractivity contribution in [2.24, 2.45) is 5.92 Å². The van der Waals surface area contributed by atoms with E-state index in [0.717, 1.165) is 18.5 Å². The molecule has 0 saturated carbocycles. The molecule has 3 rings (SSSR count). The van der Waals surface area contributed by atoms with Gasteiger partial charge < -0.3 is 4.90 Å². The van der Waals surface area contributed by atoms with Gasteiger partial charge in [-0.3, -0.25) is 9.20 Å². The Morgan fingerprint density at radius 3 is 2.76 bits per heavy atom. The number of carbonyl (C=O) groups is 1. The van der Waals surface area contributed by atoms with E-state index in [2.05, 4.69) is 28.9 Å². The van der Waals surface area contributed by atoms with Crippen LogP contribution in [-0.4, -0.2) is 44.9 Å². The van der Waals surface area contributed by atoms with Crippen LogP contribution < -0.4 is 0 Å². The van der Waals surface area contributed by atoms with Crippen LogP contribution in [-0.2, 0) is 6.42 Å². The van der Waals surface area contributed by atoms with Gasteiger partial charge in [-0.1, -0.05) is 0 Å². The molecule has 0 unspecified atom stereocenters. The molecule has 2 aromatic heterocycles. The standard InChI is InChI=1S/C16H22N4O/c1-12(2)19-8-5-13(6-9-19)10-15-17-18-16-14(11-21)4-3-7-20(15)16/h3-4,7,11-13H,5-6,8-10H2,1-2H3. The van der Waals surface area contributed by atoms with Gasteiger partial charge in [0.2, 0.25) is 0 Å².